The van der Waals surface area contributed by atoms with Gasteiger partial charge in [0.2, 0.25) is 17.7 Å². The first kappa shape index (κ1) is 70.7. The van der Waals surface area contributed by atoms with Gasteiger partial charge < -0.3 is 68.1 Å². The lowest BCUT2D eigenvalue weighted by Crippen LogP contribution is -2.49. The molecule has 29 nitrogen and oxygen atoms in total. The first-order valence-corrected chi connectivity index (χ1v) is 28.3. The van der Waals surface area contributed by atoms with Crippen molar-refractivity contribution in [2.24, 2.45) is 10.7 Å². The molecular weight excluding hydrogens is 1150 g/mol. The molecule has 478 valence electrons. The summed E-state index contributed by atoms with van der Waals surface area (Å²) >= 11 is 0. The topological polar surface area (TPSA) is 401 Å². The number of nitrogens with zero attached hydrogens (tertiary/aromatic N) is 5. The highest BCUT2D eigenvalue weighted by Gasteiger charge is 2.29. The van der Waals surface area contributed by atoms with Gasteiger partial charge in [0.1, 0.15) is 29.2 Å². The fraction of sp³-hybridized carbons (Fsp3) is 0.500. The molecular formula is C56H80F2N14O15. The Kier molecular flexibility index (Phi) is 31.7. The van der Waals surface area contributed by atoms with Gasteiger partial charge in [-0.2, -0.15) is 4.99 Å². The van der Waals surface area contributed by atoms with Crippen LogP contribution in [0, 0.1) is 11.6 Å². The molecule has 14 N–H and O–H groups in total. The number of phenolic OH excluding ortho intramolecular Hbond substituents is 1. The molecule has 1 fully saturated rings. The van der Waals surface area contributed by atoms with E-state index >= 15 is 0 Å². The number of carboxylic acids is 3. The van der Waals surface area contributed by atoms with E-state index in [1.807, 2.05) is 0 Å². The van der Waals surface area contributed by atoms with E-state index in [0.29, 0.717) is 41.9 Å². The van der Waals surface area contributed by atoms with E-state index < -0.39 is 89.1 Å². The predicted octanol–water partition coefficient (Wildman–Crippen LogP) is -0.495. The third-order valence-electron chi connectivity index (χ3n) is 13.2. The number of ether oxygens (including phenoxy) is 1. The predicted molar refractivity (Wildman–Crippen MR) is 311 cm³/mol. The molecule has 1 aliphatic rings. The average Bonchev–Trinajstić information content (AvgIpc) is 3.67. The minimum absolute atomic E-state index is 0.0259. The number of aliphatic carboxylic acids is 3. The third kappa shape index (κ3) is 28.8. The summed E-state index contributed by atoms with van der Waals surface area (Å²) in [7, 11) is 0. The highest BCUT2D eigenvalue weighted by Crippen LogP contribution is 2.28. The minimum atomic E-state index is -1.27. The van der Waals surface area contributed by atoms with Crippen LogP contribution in [-0.4, -0.2) is 230 Å². The van der Waals surface area contributed by atoms with Gasteiger partial charge in [0.15, 0.2) is 5.96 Å². The number of aliphatic imine (C=N–C) groups is 1. The molecule has 0 aliphatic carbocycles. The Morgan fingerprint density at radius 2 is 1.15 bits per heavy atom. The summed E-state index contributed by atoms with van der Waals surface area (Å²) < 4.78 is 35.4. The zero-order valence-corrected chi connectivity index (χ0v) is 48.5. The molecule has 0 aromatic heterocycles. The van der Waals surface area contributed by atoms with Crippen LogP contribution in [0.4, 0.5) is 18.4 Å². The van der Waals surface area contributed by atoms with Gasteiger partial charge in [-0.05, 0) is 48.9 Å². The Morgan fingerprint density at radius 3 is 1.74 bits per heavy atom. The Morgan fingerprint density at radius 1 is 0.598 bits per heavy atom. The van der Waals surface area contributed by atoms with Gasteiger partial charge in [0, 0.05) is 116 Å². The van der Waals surface area contributed by atoms with Crippen LogP contribution in [0.25, 0.3) is 0 Å². The first-order chi connectivity index (χ1) is 41.7. The fourth-order valence-electron chi connectivity index (χ4n) is 8.76. The molecule has 87 heavy (non-hydrogen) atoms. The molecule has 1 aliphatic heterocycles. The maximum atomic E-state index is 14.7. The molecule has 3 aromatic carbocycles. The number of halogens is 2. The molecule has 3 aromatic rings. The maximum Gasteiger partial charge on any atom is 0.344 e. The van der Waals surface area contributed by atoms with E-state index in [9.17, 15) is 72.4 Å². The van der Waals surface area contributed by atoms with E-state index in [0.717, 1.165) is 0 Å². The number of rotatable bonds is 33. The van der Waals surface area contributed by atoms with Crippen molar-refractivity contribution < 1.29 is 81.9 Å². The lowest BCUT2D eigenvalue weighted by molar-refractivity contribution is -0.141. The number of phenols is 1. The monoisotopic (exact) mass is 1230 g/mol. The molecule has 0 bridgehead atoms. The number of carboxylic acid groups (broad SMARTS) is 3. The average molecular weight is 1230 g/mol. The van der Waals surface area contributed by atoms with Crippen molar-refractivity contribution in [1.29, 1.82) is 0 Å². The quantitative estimate of drug-likeness (QED) is 0.0158. The molecule has 31 heteroatoms. The normalized spacial score (nSPS) is 14.6. The van der Waals surface area contributed by atoms with Crippen LogP contribution in [0.15, 0.2) is 71.7 Å². The summed E-state index contributed by atoms with van der Waals surface area (Å²) in [6, 6.07) is 14.4. The van der Waals surface area contributed by atoms with E-state index in [1.165, 1.54) is 0 Å². The largest absolute Gasteiger partial charge is 0.508 e. The standard InChI is InChI=1S/C56H80F2N14O15/c1-2-46(74)60-17-18-63-56(85)67-54(59)61-16-9-14-45(52(82)65-33-42-43(57)31-40(73)32-44(42)58)66-53(83)51(38-10-4-3-5-11-38)39-12-8-13-41(30-39)86-28-7-6-15-62-55(84)64-19-29-87-68-47(75)34-69-20-22-70(35-48(76)77)24-26-72(37-50(80)81)27-25-71(23-21-69)36-49(78)79/h3-5,8,10-13,30-32,45,51,73H,2,6-7,9,14-29,33-37H2,1H3,(H,60,74)(H,65,82)(H,66,83)(H,68,75)(H,76,77)(H,78,79)(H,80,81)(H2,62,64,84)(H4,59,61,63,67,85)/t45-,51?/m1/s1. The molecule has 0 spiro atoms. The van der Waals surface area contributed by atoms with Gasteiger partial charge in [0.05, 0.1) is 45.3 Å². The highest BCUT2D eigenvalue weighted by molar-refractivity contribution is 5.93. The number of unbranched alkanes of at least 4 members (excludes halogenated alkanes) is 1. The fourth-order valence-corrected chi connectivity index (χ4v) is 8.76. The summed E-state index contributed by atoms with van der Waals surface area (Å²) in [5.74, 6) is -8.98. The summed E-state index contributed by atoms with van der Waals surface area (Å²) in [6.45, 7) is 2.63. The molecule has 2 atom stereocenters. The number of amides is 8. The number of hydrogen-bond donors (Lipinski definition) is 13. The van der Waals surface area contributed by atoms with Crippen LogP contribution in [0.2, 0.25) is 0 Å². The lowest BCUT2D eigenvalue weighted by Gasteiger charge is -2.32. The summed E-state index contributed by atoms with van der Waals surface area (Å²) in [5.41, 5.74) is 8.75. The summed E-state index contributed by atoms with van der Waals surface area (Å²) in [6.07, 6.45) is 1.45. The van der Waals surface area contributed by atoms with Crippen molar-refractivity contribution >= 4 is 59.6 Å². The third-order valence-corrected chi connectivity index (χ3v) is 13.2. The number of nitrogens with one attached hydrogen (secondary N) is 8. The smallest absolute Gasteiger partial charge is 0.344 e. The minimum Gasteiger partial charge on any atom is -0.508 e. The first-order valence-electron chi connectivity index (χ1n) is 28.3. The number of carbonyl (C=O) groups excluding carboxylic acids is 6. The van der Waals surface area contributed by atoms with Crippen molar-refractivity contribution in [2.75, 3.05) is 124 Å². The van der Waals surface area contributed by atoms with Gasteiger partial charge in [-0.25, -0.2) is 23.9 Å². The zero-order chi connectivity index (χ0) is 63.5. The van der Waals surface area contributed by atoms with Gasteiger partial charge in [-0.1, -0.05) is 49.4 Å². The Hall–Kier alpha value is -8.78. The summed E-state index contributed by atoms with van der Waals surface area (Å²) in [5, 5.41) is 56.4. The number of urea groups is 2. The van der Waals surface area contributed by atoms with Crippen molar-refractivity contribution in [1.82, 2.24) is 62.3 Å². The number of hydroxylamine groups is 1. The van der Waals surface area contributed by atoms with Crippen LogP contribution < -0.4 is 53.2 Å². The number of guanidine groups is 1. The Labute approximate surface area is 501 Å². The number of hydrogen-bond acceptors (Lipinski definition) is 16. The van der Waals surface area contributed by atoms with E-state index in [1.54, 1.807) is 81.1 Å². The molecule has 1 saturated heterocycles. The van der Waals surface area contributed by atoms with E-state index in [-0.39, 0.29) is 156 Å². The Balaban J connectivity index is 1.26. The van der Waals surface area contributed by atoms with Crippen molar-refractivity contribution in [3.8, 4) is 11.5 Å². The van der Waals surface area contributed by atoms with E-state index in [4.69, 9.17) is 15.3 Å². The summed E-state index contributed by atoms with van der Waals surface area (Å²) in [4.78, 5) is 128. The van der Waals surface area contributed by atoms with Crippen LogP contribution in [0.3, 0.4) is 0 Å². The lowest BCUT2D eigenvalue weighted by atomic mass is 9.90. The van der Waals surface area contributed by atoms with Crippen LogP contribution in [0.5, 0.6) is 11.5 Å². The zero-order valence-electron chi connectivity index (χ0n) is 48.5. The van der Waals surface area contributed by atoms with Crippen molar-refractivity contribution in [3.05, 3.63) is 95.1 Å². The molecule has 1 unspecified atom stereocenters. The maximum absolute atomic E-state index is 14.7. The molecule has 8 amide bonds. The van der Waals surface area contributed by atoms with E-state index in [2.05, 4.69) is 47.7 Å². The molecule has 4 rings (SSSR count). The number of nitrogens with two attached hydrogens (primary N) is 1. The second-order valence-corrected chi connectivity index (χ2v) is 20.0. The number of aromatic hydroxyl groups is 1. The second-order valence-electron chi connectivity index (χ2n) is 20.0. The molecule has 0 radical (unpaired) electrons. The number of benzene rings is 3. The van der Waals surface area contributed by atoms with Crippen LogP contribution in [0.1, 0.15) is 61.6 Å². The van der Waals surface area contributed by atoms with Crippen molar-refractivity contribution in [3.63, 3.8) is 0 Å². The van der Waals surface area contributed by atoms with Gasteiger partial charge in [0.25, 0.3) is 5.91 Å². The van der Waals surface area contributed by atoms with Crippen molar-refractivity contribution in [2.45, 2.75) is 57.5 Å². The Bertz CT molecular complexity index is 2720. The number of carbonyl (C=O) groups is 9. The van der Waals surface area contributed by atoms with Crippen LogP contribution in [-0.2, 0) is 44.9 Å². The van der Waals surface area contributed by atoms with Gasteiger partial charge in [-0.15, -0.1) is 0 Å². The van der Waals surface area contributed by atoms with Crippen LogP contribution >= 0.6 is 0 Å². The van der Waals surface area contributed by atoms with Gasteiger partial charge in [-0.3, -0.25) is 58.0 Å². The second kappa shape index (κ2) is 39.0. The molecule has 0 saturated carbocycles. The SMILES string of the molecule is CCC(=O)NCCNC(=O)/N=C(/N)NCCC[C@@H](NC(=O)C(c1ccccc1)c1cccc(OCCCCNC(=O)NCCONC(=O)CN2CCN(CC(=O)O)CCN(CC(=O)O)CCN(CC(=O)O)CC2)c1)C(=O)NCc1c(F)cc(O)cc1F. The molecule has 1 heterocycles. The highest BCUT2D eigenvalue weighted by atomic mass is 19.1. The van der Waals surface area contributed by atoms with Gasteiger partial charge >= 0.3 is 30.0 Å².